The largest absolute Gasteiger partial charge is 0.371 e. The van der Waals surface area contributed by atoms with Gasteiger partial charge in [-0.05, 0) is 14.1 Å². The third kappa shape index (κ3) is 2.66. The van der Waals surface area contributed by atoms with Gasteiger partial charge in [0.05, 0.1) is 0 Å². The highest BCUT2D eigenvalue weighted by molar-refractivity contribution is 7.89. The van der Waals surface area contributed by atoms with Crippen molar-refractivity contribution in [2.75, 3.05) is 46.6 Å². The molecule has 0 aliphatic rings. The predicted molar refractivity (Wildman–Crippen MR) is 81.0 cm³/mol. The molecule has 0 unspecified atom stereocenters. The van der Waals surface area contributed by atoms with E-state index in [1.165, 1.54) is 15.6 Å². The van der Waals surface area contributed by atoms with Crippen molar-refractivity contribution in [3.63, 3.8) is 0 Å². The topological polar surface area (TPSA) is 70.0 Å². The van der Waals surface area contributed by atoms with Gasteiger partial charge in [0.2, 0.25) is 0 Å². The SMILES string of the molecule is CNc1nc2sccn2c1S(=O)(=O)N(C)CCN(C)C. The van der Waals surface area contributed by atoms with E-state index in [9.17, 15) is 8.42 Å². The summed E-state index contributed by atoms with van der Waals surface area (Å²) in [4.78, 5) is 6.90. The molecule has 2 aromatic heterocycles. The summed E-state index contributed by atoms with van der Waals surface area (Å²) < 4.78 is 28.4. The lowest BCUT2D eigenvalue weighted by Crippen LogP contribution is -2.34. The lowest BCUT2D eigenvalue weighted by molar-refractivity contribution is 0.358. The number of thiazole rings is 1. The van der Waals surface area contributed by atoms with E-state index < -0.39 is 10.0 Å². The number of likely N-dealkylation sites (N-methyl/N-ethyl adjacent to an activating group) is 2. The molecule has 1 N–H and O–H groups in total. The smallest absolute Gasteiger partial charge is 0.262 e. The van der Waals surface area contributed by atoms with E-state index in [4.69, 9.17) is 0 Å². The quantitative estimate of drug-likeness (QED) is 0.846. The number of nitrogens with zero attached hydrogens (tertiary/aromatic N) is 4. The molecule has 0 aromatic carbocycles. The van der Waals surface area contributed by atoms with Crippen molar-refractivity contribution in [3.05, 3.63) is 11.6 Å². The zero-order valence-corrected chi connectivity index (χ0v) is 13.6. The molecule has 0 amide bonds. The molecule has 0 saturated carbocycles. The van der Waals surface area contributed by atoms with Gasteiger partial charge in [0.25, 0.3) is 10.0 Å². The standard InChI is InChI=1S/C11H19N5O2S2/c1-12-9-10(16-7-8-19-11(16)13-9)20(17,18)15(4)6-5-14(2)3/h7-8,12H,5-6H2,1-4H3. The van der Waals surface area contributed by atoms with Crippen molar-refractivity contribution in [2.45, 2.75) is 5.03 Å². The van der Waals surface area contributed by atoms with Gasteiger partial charge in [-0.3, -0.25) is 4.40 Å². The first-order chi connectivity index (χ1) is 9.37. The second kappa shape index (κ2) is 5.68. The van der Waals surface area contributed by atoms with Gasteiger partial charge in [-0.1, -0.05) is 0 Å². The summed E-state index contributed by atoms with van der Waals surface area (Å²) in [5, 5.41) is 4.87. The molecule has 0 aliphatic carbocycles. The normalized spacial score (nSPS) is 12.7. The molecule has 2 rings (SSSR count). The summed E-state index contributed by atoms with van der Waals surface area (Å²) in [7, 11) is 3.50. The predicted octanol–water partition coefficient (Wildman–Crippen LogP) is 0.620. The Kier molecular flexibility index (Phi) is 4.33. The Morgan fingerprint density at radius 2 is 2.05 bits per heavy atom. The van der Waals surface area contributed by atoms with Gasteiger partial charge in [0, 0.05) is 38.8 Å². The van der Waals surface area contributed by atoms with Crippen LogP contribution in [0.2, 0.25) is 0 Å². The molecule has 112 valence electrons. The van der Waals surface area contributed by atoms with Crippen molar-refractivity contribution in [2.24, 2.45) is 0 Å². The first kappa shape index (κ1) is 15.2. The van der Waals surface area contributed by atoms with Gasteiger partial charge in [0.15, 0.2) is 15.8 Å². The van der Waals surface area contributed by atoms with Crippen molar-refractivity contribution >= 4 is 32.1 Å². The molecule has 0 radical (unpaired) electrons. The monoisotopic (exact) mass is 317 g/mol. The lowest BCUT2D eigenvalue weighted by atomic mass is 10.6. The maximum Gasteiger partial charge on any atom is 0.262 e. The van der Waals surface area contributed by atoms with Crippen molar-refractivity contribution in [1.82, 2.24) is 18.6 Å². The van der Waals surface area contributed by atoms with Crippen LogP contribution in [-0.2, 0) is 10.0 Å². The minimum atomic E-state index is -3.58. The second-order valence-electron chi connectivity index (χ2n) is 4.70. The van der Waals surface area contributed by atoms with E-state index in [0.29, 0.717) is 23.9 Å². The summed E-state index contributed by atoms with van der Waals surface area (Å²) in [6.07, 6.45) is 1.72. The lowest BCUT2D eigenvalue weighted by Gasteiger charge is -2.19. The van der Waals surface area contributed by atoms with E-state index in [0.717, 1.165) is 0 Å². The highest BCUT2D eigenvalue weighted by Crippen LogP contribution is 2.27. The van der Waals surface area contributed by atoms with Gasteiger partial charge in [0.1, 0.15) is 0 Å². The van der Waals surface area contributed by atoms with Crippen LogP contribution in [0.4, 0.5) is 5.82 Å². The van der Waals surface area contributed by atoms with Crippen LogP contribution >= 0.6 is 11.3 Å². The van der Waals surface area contributed by atoms with Crippen molar-refractivity contribution < 1.29 is 8.42 Å². The molecule has 2 heterocycles. The van der Waals surface area contributed by atoms with Gasteiger partial charge < -0.3 is 10.2 Å². The van der Waals surface area contributed by atoms with E-state index in [1.807, 2.05) is 24.4 Å². The van der Waals surface area contributed by atoms with Gasteiger partial charge in [-0.15, -0.1) is 11.3 Å². The average molecular weight is 317 g/mol. The molecule has 0 bridgehead atoms. The second-order valence-corrected chi connectivity index (χ2v) is 7.53. The van der Waals surface area contributed by atoms with Crippen LogP contribution in [-0.4, -0.2) is 68.3 Å². The fourth-order valence-corrected chi connectivity index (χ4v) is 3.96. The van der Waals surface area contributed by atoms with Crippen molar-refractivity contribution in [1.29, 1.82) is 0 Å². The highest BCUT2D eigenvalue weighted by atomic mass is 32.2. The zero-order valence-electron chi connectivity index (χ0n) is 12.0. The molecule has 0 fully saturated rings. The van der Waals surface area contributed by atoms with Gasteiger partial charge in [-0.2, -0.15) is 4.31 Å². The summed E-state index contributed by atoms with van der Waals surface area (Å²) in [5.74, 6) is 0.383. The number of nitrogens with one attached hydrogen (secondary N) is 1. The molecule has 2 aromatic rings. The molecule has 9 heteroatoms. The molecule has 0 saturated heterocycles. The first-order valence-corrected chi connectivity index (χ1v) is 8.44. The van der Waals surface area contributed by atoms with Crippen molar-refractivity contribution in [3.8, 4) is 0 Å². The van der Waals surface area contributed by atoms with Crippen LogP contribution in [0.5, 0.6) is 0 Å². The number of fused-ring (bicyclic) bond motifs is 1. The van der Waals surface area contributed by atoms with Gasteiger partial charge >= 0.3 is 0 Å². The van der Waals surface area contributed by atoms with Crippen LogP contribution in [0.1, 0.15) is 0 Å². The summed E-state index contributed by atoms with van der Waals surface area (Å²) in [5.41, 5.74) is 0. The fourth-order valence-electron chi connectivity index (χ4n) is 1.78. The number of sulfonamides is 1. The number of aromatic nitrogens is 2. The number of anilines is 1. The Morgan fingerprint density at radius 1 is 1.35 bits per heavy atom. The Morgan fingerprint density at radius 3 is 2.65 bits per heavy atom. The molecule has 0 atom stereocenters. The van der Waals surface area contributed by atoms with Crippen LogP contribution in [0.25, 0.3) is 4.96 Å². The molecule has 20 heavy (non-hydrogen) atoms. The summed E-state index contributed by atoms with van der Waals surface area (Å²) in [6, 6.07) is 0. The Labute approximate surface area is 122 Å². The molecular weight excluding hydrogens is 298 g/mol. The third-order valence-electron chi connectivity index (χ3n) is 2.97. The number of imidazole rings is 1. The van der Waals surface area contributed by atoms with Crippen LogP contribution in [0, 0.1) is 0 Å². The van der Waals surface area contributed by atoms with E-state index >= 15 is 0 Å². The van der Waals surface area contributed by atoms with E-state index in [-0.39, 0.29) is 5.03 Å². The minimum Gasteiger partial charge on any atom is -0.371 e. The summed E-state index contributed by atoms with van der Waals surface area (Å²) in [6.45, 7) is 1.09. The van der Waals surface area contributed by atoms with Crippen LogP contribution < -0.4 is 5.32 Å². The molecule has 0 spiro atoms. The van der Waals surface area contributed by atoms with E-state index in [1.54, 1.807) is 24.7 Å². The zero-order chi connectivity index (χ0) is 14.9. The Hall–Kier alpha value is -1.16. The number of rotatable bonds is 6. The van der Waals surface area contributed by atoms with Crippen LogP contribution in [0.15, 0.2) is 16.6 Å². The Bertz CT molecular complexity index is 689. The fraction of sp³-hybridized carbons (Fsp3) is 0.545. The third-order valence-corrected chi connectivity index (χ3v) is 5.61. The number of hydrogen-bond acceptors (Lipinski definition) is 6. The maximum atomic E-state index is 12.7. The summed E-state index contributed by atoms with van der Waals surface area (Å²) >= 11 is 1.40. The van der Waals surface area contributed by atoms with E-state index in [2.05, 4.69) is 10.3 Å². The molecular formula is C11H19N5O2S2. The maximum absolute atomic E-state index is 12.7. The first-order valence-electron chi connectivity index (χ1n) is 6.12. The number of hydrogen-bond donors (Lipinski definition) is 1. The Balaban J connectivity index is 2.42. The molecule has 7 nitrogen and oxygen atoms in total. The highest BCUT2D eigenvalue weighted by Gasteiger charge is 2.29. The molecule has 0 aliphatic heterocycles. The minimum absolute atomic E-state index is 0.192. The van der Waals surface area contributed by atoms with Crippen LogP contribution in [0.3, 0.4) is 0 Å². The van der Waals surface area contributed by atoms with Gasteiger partial charge in [-0.25, -0.2) is 13.4 Å². The average Bonchev–Trinajstić information content (AvgIpc) is 2.94.